The fraction of sp³-hybridized carbons (Fsp3) is 0.250. The number of nitrogens with zero attached hydrogens (tertiary/aromatic N) is 2. The van der Waals surface area contributed by atoms with Crippen LogP contribution in [0.1, 0.15) is 11.3 Å². The van der Waals surface area contributed by atoms with E-state index in [0.717, 1.165) is 5.69 Å². The predicted octanol–water partition coefficient (Wildman–Crippen LogP) is 2.50. The Hall–Kier alpha value is -1.39. The van der Waals surface area contributed by atoms with Gasteiger partial charge >= 0.3 is 0 Å². The zero-order valence-electron chi connectivity index (χ0n) is 9.45. The van der Waals surface area contributed by atoms with E-state index in [0.29, 0.717) is 18.7 Å². The molecule has 0 fully saturated rings. The van der Waals surface area contributed by atoms with Crippen molar-refractivity contribution in [2.75, 3.05) is 0 Å². The van der Waals surface area contributed by atoms with Gasteiger partial charge in [-0.25, -0.2) is 4.39 Å². The Bertz CT molecular complexity index is 510. The molecule has 0 aliphatic carbocycles. The van der Waals surface area contributed by atoms with Crippen molar-refractivity contribution in [2.24, 2.45) is 7.05 Å². The van der Waals surface area contributed by atoms with Crippen LogP contribution >= 0.6 is 11.6 Å². The van der Waals surface area contributed by atoms with Gasteiger partial charge in [-0.05, 0) is 12.1 Å². The minimum Gasteiger partial charge on any atom is -0.307 e. The Kier molecular flexibility index (Phi) is 3.76. The summed E-state index contributed by atoms with van der Waals surface area (Å²) >= 11 is 5.70. The third-order valence-corrected chi connectivity index (χ3v) is 2.87. The molecule has 0 saturated carbocycles. The first kappa shape index (κ1) is 12.1. The third-order valence-electron chi connectivity index (χ3n) is 2.58. The Morgan fingerprint density at radius 2 is 2.18 bits per heavy atom. The predicted molar refractivity (Wildman–Crippen MR) is 65.2 cm³/mol. The number of hydrogen-bond acceptors (Lipinski definition) is 2. The standard InChI is InChI=1S/C12H13ClFN3/c1-17-10(5-6-16-17)8-15-7-9-3-2-4-11(13)12(9)14/h2-6,15H,7-8H2,1H3. The molecule has 0 saturated heterocycles. The van der Waals surface area contributed by atoms with Gasteiger partial charge in [-0.3, -0.25) is 4.68 Å². The average molecular weight is 254 g/mol. The molecule has 1 N–H and O–H groups in total. The van der Waals surface area contributed by atoms with Crippen LogP contribution in [0.4, 0.5) is 4.39 Å². The van der Waals surface area contributed by atoms with E-state index in [1.807, 2.05) is 13.1 Å². The normalized spacial score (nSPS) is 10.8. The first-order valence-electron chi connectivity index (χ1n) is 5.29. The Labute approximate surface area is 104 Å². The van der Waals surface area contributed by atoms with Crippen molar-refractivity contribution in [2.45, 2.75) is 13.1 Å². The van der Waals surface area contributed by atoms with Crippen molar-refractivity contribution in [1.82, 2.24) is 15.1 Å². The fourth-order valence-corrected chi connectivity index (χ4v) is 1.78. The maximum atomic E-state index is 13.6. The number of halogens is 2. The van der Waals surface area contributed by atoms with Crippen LogP contribution in [0.2, 0.25) is 5.02 Å². The minimum atomic E-state index is -0.355. The van der Waals surface area contributed by atoms with E-state index in [4.69, 9.17) is 11.6 Å². The van der Waals surface area contributed by atoms with Gasteiger partial charge in [0.2, 0.25) is 0 Å². The summed E-state index contributed by atoms with van der Waals surface area (Å²) in [7, 11) is 1.87. The quantitative estimate of drug-likeness (QED) is 0.907. The summed E-state index contributed by atoms with van der Waals surface area (Å²) in [4.78, 5) is 0. The molecule has 0 aliphatic heterocycles. The minimum absolute atomic E-state index is 0.157. The summed E-state index contributed by atoms with van der Waals surface area (Å²) in [5.74, 6) is -0.355. The van der Waals surface area contributed by atoms with Crippen molar-refractivity contribution >= 4 is 11.6 Å². The maximum absolute atomic E-state index is 13.6. The second-order valence-corrected chi connectivity index (χ2v) is 4.17. The van der Waals surface area contributed by atoms with E-state index < -0.39 is 0 Å². The van der Waals surface area contributed by atoms with Crippen LogP contribution in [0.15, 0.2) is 30.5 Å². The molecule has 0 amide bonds. The molecule has 90 valence electrons. The number of nitrogens with one attached hydrogen (secondary N) is 1. The molecule has 2 rings (SSSR count). The molecule has 0 bridgehead atoms. The SMILES string of the molecule is Cn1nccc1CNCc1cccc(Cl)c1F. The summed E-state index contributed by atoms with van der Waals surface area (Å²) in [5, 5.41) is 7.37. The molecular formula is C12H13ClFN3. The Balaban J connectivity index is 1.95. The van der Waals surface area contributed by atoms with Crippen molar-refractivity contribution < 1.29 is 4.39 Å². The number of rotatable bonds is 4. The van der Waals surface area contributed by atoms with Gasteiger partial charge < -0.3 is 5.32 Å². The van der Waals surface area contributed by atoms with Crippen LogP contribution in [-0.2, 0) is 20.1 Å². The fourth-order valence-electron chi connectivity index (χ4n) is 1.58. The van der Waals surface area contributed by atoms with E-state index in [-0.39, 0.29) is 10.8 Å². The smallest absolute Gasteiger partial charge is 0.146 e. The molecule has 0 aliphatic rings. The van der Waals surface area contributed by atoms with Crippen LogP contribution in [0.5, 0.6) is 0 Å². The Morgan fingerprint density at radius 3 is 2.88 bits per heavy atom. The lowest BCUT2D eigenvalue weighted by molar-refractivity contribution is 0.577. The molecule has 1 heterocycles. The van der Waals surface area contributed by atoms with Gasteiger partial charge in [-0.15, -0.1) is 0 Å². The largest absolute Gasteiger partial charge is 0.307 e. The molecule has 0 atom stereocenters. The Morgan fingerprint density at radius 1 is 1.35 bits per heavy atom. The van der Waals surface area contributed by atoms with Gasteiger partial charge in [0.1, 0.15) is 5.82 Å². The zero-order chi connectivity index (χ0) is 12.3. The highest BCUT2D eigenvalue weighted by atomic mass is 35.5. The molecule has 3 nitrogen and oxygen atoms in total. The molecule has 5 heteroatoms. The van der Waals surface area contributed by atoms with Crippen LogP contribution in [-0.4, -0.2) is 9.78 Å². The van der Waals surface area contributed by atoms with E-state index in [9.17, 15) is 4.39 Å². The lowest BCUT2D eigenvalue weighted by Crippen LogP contribution is -2.16. The van der Waals surface area contributed by atoms with E-state index in [2.05, 4.69) is 10.4 Å². The highest BCUT2D eigenvalue weighted by Crippen LogP contribution is 2.17. The van der Waals surface area contributed by atoms with Gasteiger partial charge in [0.25, 0.3) is 0 Å². The lowest BCUT2D eigenvalue weighted by atomic mass is 10.2. The van der Waals surface area contributed by atoms with Crippen LogP contribution in [0, 0.1) is 5.82 Å². The molecule has 1 aromatic carbocycles. The van der Waals surface area contributed by atoms with Crippen LogP contribution in [0.25, 0.3) is 0 Å². The molecule has 0 radical (unpaired) electrons. The monoisotopic (exact) mass is 253 g/mol. The van der Waals surface area contributed by atoms with Crippen LogP contribution in [0.3, 0.4) is 0 Å². The van der Waals surface area contributed by atoms with E-state index in [1.165, 1.54) is 0 Å². The van der Waals surface area contributed by atoms with Gasteiger partial charge in [0.05, 0.1) is 10.7 Å². The molecule has 0 unspecified atom stereocenters. The second kappa shape index (κ2) is 5.29. The van der Waals surface area contributed by atoms with Crippen molar-refractivity contribution in [3.05, 3.63) is 52.6 Å². The van der Waals surface area contributed by atoms with Gasteiger partial charge in [-0.1, -0.05) is 23.7 Å². The maximum Gasteiger partial charge on any atom is 0.146 e. The zero-order valence-corrected chi connectivity index (χ0v) is 10.2. The molecule has 2 aromatic rings. The highest BCUT2D eigenvalue weighted by Gasteiger charge is 2.05. The second-order valence-electron chi connectivity index (χ2n) is 3.76. The van der Waals surface area contributed by atoms with Gasteiger partial charge in [-0.2, -0.15) is 5.10 Å². The number of aryl methyl sites for hydroxylation is 1. The number of benzene rings is 1. The highest BCUT2D eigenvalue weighted by molar-refractivity contribution is 6.30. The number of aromatic nitrogens is 2. The topological polar surface area (TPSA) is 29.9 Å². The first-order chi connectivity index (χ1) is 8.18. The lowest BCUT2D eigenvalue weighted by Gasteiger charge is -2.07. The van der Waals surface area contributed by atoms with E-state index in [1.54, 1.807) is 29.1 Å². The first-order valence-corrected chi connectivity index (χ1v) is 5.67. The molecule has 17 heavy (non-hydrogen) atoms. The van der Waals surface area contributed by atoms with Gasteiger partial charge in [0, 0.05) is 31.9 Å². The van der Waals surface area contributed by atoms with Gasteiger partial charge in [0.15, 0.2) is 0 Å². The molecule has 1 aromatic heterocycles. The van der Waals surface area contributed by atoms with E-state index >= 15 is 0 Å². The molecular weight excluding hydrogens is 241 g/mol. The summed E-state index contributed by atoms with van der Waals surface area (Å²) in [6, 6.07) is 6.92. The van der Waals surface area contributed by atoms with Crippen LogP contribution < -0.4 is 5.32 Å². The van der Waals surface area contributed by atoms with Crippen molar-refractivity contribution in [3.8, 4) is 0 Å². The van der Waals surface area contributed by atoms with Crippen molar-refractivity contribution in [1.29, 1.82) is 0 Å². The van der Waals surface area contributed by atoms with Crippen molar-refractivity contribution in [3.63, 3.8) is 0 Å². The average Bonchev–Trinajstić information content (AvgIpc) is 2.71. The summed E-state index contributed by atoms with van der Waals surface area (Å²) in [6.07, 6.45) is 1.73. The summed E-state index contributed by atoms with van der Waals surface area (Å²) in [6.45, 7) is 1.08. The number of hydrogen-bond donors (Lipinski definition) is 1. The summed E-state index contributed by atoms with van der Waals surface area (Å²) in [5.41, 5.74) is 1.62. The third kappa shape index (κ3) is 2.84. The summed E-state index contributed by atoms with van der Waals surface area (Å²) < 4.78 is 15.3. The molecule has 0 spiro atoms.